The van der Waals surface area contributed by atoms with Crippen LogP contribution in [0.2, 0.25) is 0 Å². The van der Waals surface area contributed by atoms with Crippen molar-refractivity contribution in [1.29, 1.82) is 5.26 Å². The van der Waals surface area contributed by atoms with E-state index in [2.05, 4.69) is 16.1 Å². The number of nitriles is 1. The first-order valence-electron chi connectivity index (χ1n) is 4.47. The molecule has 0 unspecified atom stereocenters. The number of nitrogens with one attached hydrogen (secondary N) is 1. The molecule has 0 saturated carbocycles. The maximum atomic E-state index is 11.1. The van der Waals surface area contributed by atoms with Gasteiger partial charge in [0.05, 0.1) is 7.11 Å². The SMILES string of the molecule is COC(=O)[C@H](C)NCc1ccc(C#N)s1. The number of esters is 1. The topological polar surface area (TPSA) is 62.1 Å². The van der Waals surface area contributed by atoms with Gasteiger partial charge in [0.25, 0.3) is 0 Å². The van der Waals surface area contributed by atoms with Gasteiger partial charge in [0, 0.05) is 11.4 Å². The fraction of sp³-hybridized carbons (Fsp3) is 0.400. The summed E-state index contributed by atoms with van der Waals surface area (Å²) in [4.78, 5) is 12.8. The molecule has 0 aliphatic carbocycles. The predicted molar refractivity (Wildman–Crippen MR) is 57.4 cm³/mol. The molecule has 80 valence electrons. The lowest BCUT2D eigenvalue weighted by molar-refractivity contribution is -0.142. The molecular formula is C10H12N2O2S. The van der Waals surface area contributed by atoms with E-state index in [0.717, 1.165) is 4.88 Å². The first-order chi connectivity index (χ1) is 7.17. The molecule has 5 heteroatoms. The summed E-state index contributed by atoms with van der Waals surface area (Å²) in [7, 11) is 1.36. The second-order valence-corrected chi connectivity index (χ2v) is 4.17. The van der Waals surface area contributed by atoms with Gasteiger partial charge in [0.2, 0.25) is 0 Å². The van der Waals surface area contributed by atoms with E-state index in [1.54, 1.807) is 13.0 Å². The molecule has 1 aromatic heterocycles. The van der Waals surface area contributed by atoms with Gasteiger partial charge in [-0.25, -0.2) is 0 Å². The van der Waals surface area contributed by atoms with Crippen LogP contribution in [-0.2, 0) is 16.1 Å². The average molecular weight is 224 g/mol. The van der Waals surface area contributed by atoms with E-state index in [1.807, 2.05) is 6.07 Å². The molecule has 15 heavy (non-hydrogen) atoms. The number of rotatable bonds is 4. The number of carbonyl (C=O) groups excluding carboxylic acids is 1. The van der Waals surface area contributed by atoms with Crippen LogP contribution in [-0.4, -0.2) is 19.1 Å². The van der Waals surface area contributed by atoms with Gasteiger partial charge in [0.1, 0.15) is 17.0 Å². The van der Waals surface area contributed by atoms with E-state index in [0.29, 0.717) is 11.4 Å². The third-order valence-corrected chi connectivity index (χ3v) is 2.90. The zero-order valence-corrected chi connectivity index (χ0v) is 9.43. The lowest BCUT2D eigenvalue weighted by Crippen LogP contribution is -2.34. The molecule has 0 radical (unpaired) electrons. The van der Waals surface area contributed by atoms with Crippen molar-refractivity contribution in [2.75, 3.05) is 7.11 Å². The van der Waals surface area contributed by atoms with Crippen molar-refractivity contribution in [3.8, 4) is 6.07 Å². The molecule has 0 saturated heterocycles. The second-order valence-electron chi connectivity index (χ2n) is 3.00. The zero-order valence-electron chi connectivity index (χ0n) is 8.61. The summed E-state index contributed by atoms with van der Waals surface area (Å²) < 4.78 is 4.58. The molecule has 1 rings (SSSR count). The highest BCUT2D eigenvalue weighted by Crippen LogP contribution is 2.14. The molecule has 1 atom stereocenters. The van der Waals surface area contributed by atoms with Crippen molar-refractivity contribution in [3.63, 3.8) is 0 Å². The Kier molecular flexibility index (Phi) is 4.28. The smallest absolute Gasteiger partial charge is 0.322 e. The van der Waals surface area contributed by atoms with Crippen LogP contribution in [0.5, 0.6) is 0 Å². The summed E-state index contributed by atoms with van der Waals surface area (Å²) >= 11 is 1.42. The lowest BCUT2D eigenvalue weighted by Gasteiger charge is -2.09. The molecule has 0 amide bonds. The lowest BCUT2D eigenvalue weighted by atomic mass is 10.3. The van der Waals surface area contributed by atoms with E-state index >= 15 is 0 Å². The zero-order chi connectivity index (χ0) is 11.3. The largest absolute Gasteiger partial charge is 0.468 e. The fourth-order valence-electron chi connectivity index (χ4n) is 1.05. The van der Waals surface area contributed by atoms with Crippen molar-refractivity contribution in [1.82, 2.24) is 5.32 Å². The van der Waals surface area contributed by atoms with E-state index in [4.69, 9.17) is 5.26 Å². The van der Waals surface area contributed by atoms with E-state index in [-0.39, 0.29) is 12.0 Å². The van der Waals surface area contributed by atoms with Crippen LogP contribution in [0.1, 0.15) is 16.7 Å². The minimum Gasteiger partial charge on any atom is -0.468 e. The minimum atomic E-state index is -0.331. The number of carbonyl (C=O) groups is 1. The number of hydrogen-bond donors (Lipinski definition) is 1. The third kappa shape index (κ3) is 3.35. The van der Waals surface area contributed by atoms with Crippen LogP contribution in [0.4, 0.5) is 0 Å². The Morgan fingerprint density at radius 1 is 1.73 bits per heavy atom. The van der Waals surface area contributed by atoms with Gasteiger partial charge >= 0.3 is 5.97 Å². The van der Waals surface area contributed by atoms with E-state index < -0.39 is 0 Å². The van der Waals surface area contributed by atoms with Crippen molar-refractivity contribution >= 4 is 17.3 Å². The Balaban J connectivity index is 2.44. The van der Waals surface area contributed by atoms with E-state index in [9.17, 15) is 4.79 Å². The number of ether oxygens (including phenoxy) is 1. The Morgan fingerprint density at radius 2 is 2.47 bits per heavy atom. The van der Waals surface area contributed by atoms with Crippen molar-refractivity contribution in [2.45, 2.75) is 19.5 Å². The van der Waals surface area contributed by atoms with Crippen molar-refractivity contribution in [2.24, 2.45) is 0 Å². The van der Waals surface area contributed by atoms with Gasteiger partial charge in [-0.15, -0.1) is 11.3 Å². The summed E-state index contributed by atoms with van der Waals surface area (Å²) in [6.07, 6.45) is 0. The Bertz CT molecular complexity index is 381. The molecule has 0 aromatic carbocycles. The molecule has 0 aliphatic heterocycles. The average Bonchev–Trinajstić information content (AvgIpc) is 2.72. The minimum absolute atomic E-state index is 0.285. The normalized spacial score (nSPS) is 11.8. The molecule has 0 bridgehead atoms. The third-order valence-electron chi connectivity index (χ3n) is 1.91. The Morgan fingerprint density at radius 3 is 3.00 bits per heavy atom. The number of hydrogen-bond acceptors (Lipinski definition) is 5. The molecule has 1 aromatic rings. The van der Waals surface area contributed by atoms with Gasteiger partial charge in [-0.3, -0.25) is 10.1 Å². The summed E-state index contributed by atoms with van der Waals surface area (Å²) in [5.74, 6) is -0.285. The highest BCUT2D eigenvalue weighted by atomic mass is 32.1. The summed E-state index contributed by atoms with van der Waals surface area (Å²) in [6.45, 7) is 2.31. The molecule has 1 N–H and O–H groups in total. The Labute approximate surface area is 92.5 Å². The predicted octanol–water partition coefficient (Wildman–Crippen LogP) is 1.27. The van der Waals surface area contributed by atoms with Crippen LogP contribution in [0.3, 0.4) is 0 Å². The molecule has 1 heterocycles. The molecule has 0 fully saturated rings. The van der Waals surface area contributed by atoms with Gasteiger partial charge in [0.15, 0.2) is 0 Å². The van der Waals surface area contributed by atoms with Crippen LogP contribution in [0, 0.1) is 11.3 Å². The number of thiophene rings is 1. The molecule has 4 nitrogen and oxygen atoms in total. The summed E-state index contributed by atoms with van der Waals surface area (Å²) in [5.41, 5.74) is 0. The van der Waals surface area contributed by atoms with E-state index in [1.165, 1.54) is 18.4 Å². The highest BCUT2D eigenvalue weighted by molar-refractivity contribution is 7.12. The quantitative estimate of drug-likeness (QED) is 0.782. The summed E-state index contributed by atoms with van der Waals surface area (Å²) in [6, 6.07) is 5.38. The number of methoxy groups -OCH3 is 1. The van der Waals surface area contributed by atoms with Crippen LogP contribution >= 0.6 is 11.3 Å². The fourth-order valence-corrected chi connectivity index (χ4v) is 1.80. The monoisotopic (exact) mass is 224 g/mol. The summed E-state index contributed by atoms with van der Waals surface area (Å²) in [5, 5.41) is 11.6. The molecule has 0 spiro atoms. The van der Waals surface area contributed by atoms with Gasteiger partial charge in [-0.2, -0.15) is 5.26 Å². The first-order valence-corrected chi connectivity index (χ1v) is 5.29. The highest BCUT2D eigenvalue weighted by Gasteiger charge is 2.12. The maximum Gasteiger partial charge on any atom is 0.322 e. The van der Waals surface area contributed by atoms with Gasteiger partial charge in [-0.05, 0) is 19.1 Å². The maximum absolute atomic E-state index is 11.1. The van der Waals surface area contributed by atoms with Crippen LogP contribution < -0.4 is 5.32 Å². The van der Waals surface area contributed by atoms with Gasteiger partial charge < -0.3 is 4.74 Å². The van der Waals surface area contributed by atoms with Crippen molar-refractivity contribution in [3.05, 3.63) is 21.9 Å². The van der Waals surface area contributed by atoms with Gasteiger partial charge in [-0.1, -0.05) is 0 Å². The first kappa shape index (κ1) is 11.7. The van der Waals surface area contributed by atoms with Crippen LogP contribution in [0.15, 0.2) is 12.1 Å². The van der Waals surface area contributed by atoms with Crippen molar-refractivity contribution < 1.29 is 9.53 Å². The Hall–Kier alpha value is -1.38. The molecular weight excluding hydrogens is 212 g/mol. The second kappa shape index (κ2) is 5.49. The number of nitrogens with zero attached hydrogens (tertiary/aromatic N) is 1. The standard InChI is InChI=1S/C10H12N2O2S/c1-7(10(13)14-2)12-6-9-4-3-8(5-11)15-9/h3-4,7,12H,6H2,1-2H3/t7-/m0/s1. The van der Waals surface area contributed by atoms with Crippen LogP contribution in [0.25, 0.3) is 0 Å². The molecule has 0 aliphatic rings.